The lowest BCUT2D eigenvalue weighted by Gasteiger charge is -2.31. The van der Waals surface area contributed by atoms with Gasteiger partial charge in [-0.2, -0.15) is 0 Å². The van der Waals surface area contributed by atoms with Crippen LogP contribution < -0.4 is 14.8 Å². The van der Waals surface area contributed by atoms with Crippen LogP contribution >= 0.6 is 23.2 Å². The maximum atomic E-state index is 13.1. The quantitative estimate of drug-likeness (QED) is 0.611. The monoisotopic (exact) mass is 466 g/mol. The van der Waals surface area contributed by atoms with Gasteiger partial charge >= 0.3 is 0 Å². The number of nitrogens with zero attached hydrogens (tertiary/aromatic N) is 1. The highest BCUT2D eigenvalue weighted by Gasteiger charge is 2.29. The van der Waals surface area contributed by atoms with E-state index in [0.717, 1.165) is 0 Å². The van der Waals surface area contributed by atoms with Crippen molar-refractivity contribution in [1.82, 2.24) is 10.2 Å². The number of benzene rings is 2. The molecule has 168 valence electrons. The van der Waals surface area contributed by atoms with Crippen LogP contribution in [0.15, 0.2) is 42.5 Å². The van der Waals surface area contributed by atoms with E-state index in [2.05, 4.69) is 5.32 Å². The molecule has 0 aliphatic rings. The summed E-state index contributed by atoms with van der Waals surface area (Å²) in [6.45, 7) is 7.12. The van der Waals surface area contributed by atoms with Gasteiger partial charge in [0.25, 0.3) is 5.91 Å². The summed E-state index contributed by atoms with van der Waals surface area (Å²) in [6, 6.07) is 11.2. The molecule has 31 heavy (non-hydrogen) atoms. The Hall–Kier alpha value is -2.44. The molecule has 0 fully saturated rings. The van der Waals surface area contributed by atoms with Crippen LogP contribution in [-0.4, -0.2) is 42.0 Å². The van der Waals surface area contributed by atoms with Crippen LogP contribution in [0.5, 0.6) is 11.5 Å². The Bertz CT molecular complexity index is 891. The minimum atomic E-state index is -0.765. The lowest BCUT2D eigenvalue weighted by atomic mass is 10.1. The Kier molecular flexibility index (Phi) is 8.60. The van der Waals surface area contributed by atoms with Gasteiger partial charge in [0.1, 0.15) is 17.5 Å². The number of hydrogen-bond acceptors (Lipinski definition) is 4. The fourth-order valence-electron chi connectivity index (χ4n) is 2.81. The molecule has 0 aromatic heterocycles. The number of methoxy groups -OCH3 is 1. The van der Waals surface area contributed by atoms with E-state index >= 15 is 0 Å². The molecule has 1 atom stereocenters. The van der Waals surface area contributed by atoms with E-state index in [1.54, 1.807) is 56.5 Å². The fraction of sp³-hybridized carbons (Fsp3) is 0.391. The Morgan fingerprint density at radius 1 is 1.03 bits per heavy atom. The van der Waals surface area contributed by atoms with Crippen molar-refractivity contribution in [1.29, 1.82) is 0 Å². The molecule has 0 radical (unpaired) electrons. The van der Waals surface area contributed by atoms with E-state index in [9.17, 15) is 9.59 Å². The number of carbonyl (C=O) groups excluding carboxylic acids is 2. The highest BCUT2D eigenvalue weighted by atomic mass is 35.5. The molecule has 6 nitrogen and oxygen atoms in total. The van der Waals surface area contributed by atoms with Gasteiger partial charge in [0.15, 0.2) is 6.61 Å². The van der Waals surface area contributed by atoms with Crippen LogP contribution in [-0.2, 0) is 16.1 Å². The van der Waals surface area contributed by atoms with Gasteiger partial charge in [-0.05, 0) is 64.1 Å². The summed E-state index contributed by atoms with van der Waals surface area (Å²) in [5.41, 5.74) is 0.126. The van der Waals surface area contributed by atoms with E-state index < -0.39 is 11.6 Å². The maximum Gasteiger partial charge on any atom is 0.261 e. The number of hydrogen-bond donors (Lipinski definition) is 1. The number of carbonyl (C=O) groups is 2. The first-order valence-electron chi connectivity index (χ1n) is 9.83. The number of ether oxygens (including phenoxy) is 2. The van der Waals surface area contributed by atoms with Crippen molar-refractivity contribution in [2.45, 2.75) is 45.8 Å². The van der Waals surface area contributed by atoms with Crippen molar-refractivity contribution < 1.29 is 19.1 Å². The molecule has 1 N–H and O–H groups in total. The van der Waals surface area contributed by atoms with E-state index in [-0.39, 0.29) is 25.0 Å². The third kappa shape index (κ3) is 7.33. The number of nitrogens with one attached hydrogen (secondary N) is 1. The van der Waals surface area contributed by atoms with Gasteiger partial charge in [-0.25, -0.2) is 0 Å². The SMILES string of the molecule is COc1ccc(OCC(=O)N(Cc2c(Cl)cccc2Cl)[C@@H](C)C(=O)NC(C)(C)C)cc1. The van der Waals surface area contributed by atoms with Crippen LogP contribution in [0.2, 0.25) is 10.0 Å². The molecule has 0 aliphatic carbocycles. The molecular formula is C23H28Cl2N2O4. The van der Waals surface area contributed by atoms with Gasteiger partial charge in [-0.15, -0.1) is 0 Å². The number of amides is 2. The zero-order valence-electron chi connectivity index (χ0n) is 18.4. The average Bonchev–Trinajstić information content (AvgIpc) is 2.70. The molecule has 2 rings (SSSR count). The van der Waals surface area contributed by atoms with E-state index in [0.29, 0.717) is 27.1 Å². The van der Waals surface area contributed by atoms with Gasteiger partial charge in [0, 0.05) is 27.7 Å². The van der Waals surface area contributed by atoms with Crippen LogP contribution in [0.4, 0.5) is 0 Å². The third-order valence-corrected chi connectivity index (χ3v) is 5.19. The summed E-state index contributed by atoms with van der Waals surface area (Å²) in [4.78, 5) is 27.3. The lowest BCUT2D eigenvalue weighted by molar-refractivity contribution is -0.142. The highest BCUT2D eigenvalue weighted by Crippen LogP contribution is 2.27. The smallest absolute Gasteiger partial charge is 0.261 e. The molecule has 0 unspecified atom stereocenters. The summed E-state index contributed by atoms with van der Waals surface area (Å²) >= 11 is 12.6. The summed E-state index contributed by atoms with van der Waals surface area (Å²) in [6.07, 6.45) is 0. The number of halogens is 2. The normalized spacial score (nSPS) is 12.1. The van der Waals surface area contributed by atoms with Gasteiger partial charge in [0.05, 0.1) is 7.11 Å². The van der Waals surface area contributed by atoms with E-state index in [1.807, 2.05) is 20.8 Å². The largest absolute Gasteiger partial charge is 0.497 e. The second kappa shape index (κ2) is 10.7. The topological polar surface area (TPSA) is 67.9 Å². The van der Waals surface area contributed by atoms with E-state index in [4.69, 9.17) is 32.7 Å². The van der Waals surface area contributed by atoms with Gasteiger partial charge < -0.3 is 19.7 Å². The maximum absolute atomic E-state index is 13.1. The molecule has 0 saturated heterocycles. The predicted molar refractivity (Wildman–Crippen MR) is 123 cm³/mol. The molecular weight excluding hydrogens is 439 g/mol. The van der Waals surface area contributed by atoms with Crippen molar-refractivity contribution in [3.63, 3.8) is 0 Å². The molecule has 0 saturated carbocycles. The van der Waals surface area contributed by atoms with E-state index in [1.165, 1.54) is 4.90 Å². The second-order valence-electron chi connectivity index (χ2n) is 8.10. The first-order chi connectivity index (χ1) is 14.5. The first kappa shape index (κ1) is 24.8. The van der Waals surface area contributed by atoms with Crippen LogP contribution in [0.3, 0.4) is 0 Å². The summed E-state index contributed by atoms with van der Waals surface area (Å²) < 4.78 is 10.8. The molecule has 2 aromatic carbocycles. The van der Waals surface area contributed by atoms with Crippen molar-refractivity contribution >= 4 is 35.0 Å². The van der Waals surface area contributed by atoms with Crippen LogP contribution in [0.1, 0.15) is 33.3 Å². The molecule has 8 heteroatoms. The Morgan fingerprint density at radius 3 is 2.10 bits per heavy atom. The van der Waals surface area contributed by atoms with Crippen molar-refractivity contribution in [3.8, 4) is 11.5 Å². The van der Waals surface area contributed by atoms with Crippen molar-refractivity contribution in [2.75, 3.05) is 13.7 Å². The van der Waals surface area contributed by atoms with Crippen molar-refractivity contribution in [2.24, 2.45) is 0 Å². The van der Waals surface area contributed by atoms with Gasteiger partial charge in [-0.1, -0.05) is 29.3 Å². The highest BCUT2D eigenvalue weighted by molar-refractivity contribution is 6.36. The average molecular weight is 467 g/mol. The summed E-state index contributed by atoms with van der Waals surface area (Å²) in [5, 5.41) is 3.74. The Balaban J connectivity index is 2.22. The molecule has 0 bridgehead atoms. The third-order valence-electron chi connectivity index (χ3n) is 4.48. The zero-order valence-corrected chi connectivity index (χ0v) is 19.9. The minimum absolute atomic E-state index is 0.0715. The second-order valence-corrected chi connectivity index (χ2v) is 8.92. The minimum Gasteiger partial charge on any atom is -0.497 e. The Labute approximate surface area is 193 Å². The lowest BCUT2D eigenvalue weighted by Crippen LogP contribution is -2.53. The molecule has 0 spiro atoms. The Morgan fingerprint density at radius 2 is 1.58 bits per heavy atom. The van der Waals surface area contributed by atoms with Crippen LogP contribution in [0, 0.1) is 0 Å². The first-order valence-corrected chi connectivity index (χ1v) is 10.6. The van der Waals surface area contributed by atoms with Crippen molar-refractivity contribution in [3.05, 3.63) is 58.1 Å². The predicted octanol–water partition coefficient (Wildman–Crippen LogP) is 4.71. The standard InChI is InChI=1S/C23H28Cl2N2O4/c1-15(22(29)26-23(2,3)4)27(13-18-19(24)7-6-8-20(18)25)21(28)14-31-17-11-9-16(30-5)10-12-17/h6-12,15H,13-14H2,1-5H3,(H,26,29)/t15-/m0/s1. The van der Waals surface area contributed by atoms with Gasteiger partial charge in [-0.3, -0.25) is 9.59 Å². The molecule has 0 heterocycles. The molecule has 0 aliphatic heterocycles. The number of rotatable bonds is 8. The summed E-state index contributed by atoms with van der Waals surface area (Å²) in [7, 11) is 1.57. The zero-order chi connectivity index (χ0) is 23.2. The molecule has 2 amide bonds. The fourth-order valence-corrected chi connectivity index (χ4v) is 3.33. The molecule has 2 aromatic rings. The van der Waals surface area contributed by atoms with Gasteiger partial charge in [0.2, 0.25) is 5.91 Å². The van der Waals surface area contributed by atoms with Crippen LogP contribution in [0.25, 0.3) is 0 Å². The summed E-state index contributed by atoms with van der Waals surface area (Å²) in [5.74, 6) is 0.537.